The molecule has 0 aromatic heterocycles. The number of carbonyl (C=O) groups is 1. The molecule has 1 amide bonds. The third kappa shape index (κ3) is 2.99. The van der Waals surface area contributed by atoms with Gasteiger partial charge in [-0.2, -0.15) is 0 Å². The third-order valence-corrected chi connectivity index (χ3v) is 4.02. The molecule has 0 aromatic rings. The van der Waals surface area contributed by atoms with Crippen LogP contribution in [0.3, 0.4) is 0 Å². The second-order valence-electron chi connectivity index (χ2n) is 5.44. The van der Waals surface area contributed by atoms with Crippen molar-refractivity contribution in [1.29, 1.82) is 0 Å². The molecule has 1 aliphatic heterocycles. The molecular weight excluding hydrogens is 216 g/mol. The Labute approximate surface area is 103 Å². The molecule has 98 valence electrons. The van der Waals surface area contributed by atoms with Crippen LogP contribution in [0.2, 0.25) is 0 Å². The molecule has 4 nitrogen and oxygen atoms in total. The monoisotopic (exact) mass is 240 g/mol. The van der Waals surface area contributed by atoms with E-state index in [0.717, 1.165) is 45.2 Å². The average Bonchev–Trinajstić information content (AvgIpc) is 2.63. The van der Waals surface area contributed by atoms with Crippen molar-refractivity contribution >= 4 is 5.91 Å². The van der Waals surface area contributed by atoms with Crippen LogP contribution in [0.15, 0.2) is 0 Å². The first-order valence-electron chi connectivity index (χ1n) is 6.89. The molecule has 2 rings (SSSR count). The number of aliphatic hydroxyl groups is 1. The number of rotatable bonds is 4. The van der Waals surface area contributed by atoms with Crippen molar-refractivity contribution in [3.8, 4) is 0 Å². The van der Waals surface area contributed by atoms with E-state index in [-0.39, 0.29) is 11.9 Å². The van der Waals surface area contributed by atoms with Gasteiger partial charge < -0.3 is 15.3 Å². The van der Waals surface area contributed by atoms with Crippen LogP contribution in [-0.2, 0) is 4.79 Å². The maximum atomic E-state index is 12.1. The molecule has 1 saturated carbocycles. The fraction of sp³-hybridized carbons (Fsp3) is 0.923. The lowest BCUT2D eigenvalue weighted by molar-refractivity contribution is -0.133. The molecule has 0 bridgehead atoms. The number of likely N-dealkylation sites (N-methyl/N-ethyl adjacent to an activating group) is 1. The number of nitrogens with one attached hydrogen (secondary N) is 1. The van der Waals surface area contributed by atoms with E-state index in [1.165, 1.54) is 6.42 Å². The van der Waals surface area contributed by atoms with Crippen molar-refractivity contribution in [2.45, 2.75) is 57.1 Å². The highest BCUT2D eigenvalue weighted by atomic mass is 16.3. The van der Waals surface area contributed by atoms with Gasteiger partial charge in [0.25, 0.3) is 0 Å². The van der Waals surface area contributed by atoms with E-state index in [1.807, 2.05) is 11.8 Å². The molecular formula is C13H24N2O2. The molecule has 0 aromatic carbocycles. The molecule has 0 radical (unpaired) electrons. The molecule has 2 aliphatic rings. The zero-order valence-corrected chi connectivity index (χ0v) is 10.7. The molecule has 1 heterocycles. The van der Waals surface area contributed by atoms with Gasteiger partial charge >= 0.3 is 0 Å². The Morgan fingerprint density at radius 1 is 1.41 bits per heavy atom. The van der Waals surface area contributed by atoms with Crippen LogP contribution in [0.4, 0.5) is 0 Å². The van der Waals surface area contributed by atoms with Gasteiger partial charge in [0.15, 0.2) is 0 Å². The lowest BCUT2D eigenvalue weighted by atomic mass is 9.84. The Kier molecular flexibility index (Phi) is 4.05. The summed E-state index contributed by atoms with van der Waals surface area (Å²) in [6.45, 7) is 4.17. The molecule has 4 heteroatoms. The standard InChI is InChI=1S/C13H24N2O2/c1-2-14-11-6-9-15(12(11)16)10-13(17)7-4-3-5-8-13/h11,14,17H,2-10H2,1H3. The van der Waals surface area contributed by atoms with Gasteiger partial charge in [-0.3, -0.25) is 4.79 Å². The molecule has 0 spiro atoms. The summed E-state index contributed by atoms with van der Waals surface area (Å²) in [6, 6.07) is -0.0211. The Morgan fingerprint density at radius 3 is 2.76 bits per heavy atom. The summed E-state index contributed by atoms with van der Waals surface area (Å²) < 4.78 is 0. The lowest BCUT2D eigenvalue weighted by Crippen LogP contribution is -2.47. The molecule has 1 unspecified atom stereocenters. The van der Waals surface area contributed by atoms with E-state index < -0.39 is 5.60 Å². The summed E-state index contributed by atoms with van der Waals surface area (Å²) in [6.07, 6.45) is 5.98. The highest BCUT2D eigenvalue weighted by Gasteiger charge is 2.37. The van der Waals surface area contributed by atoms with Crippen molar-refractivity contribution in [3.05, 3.63) is 0 Å². The Balaban J connectivity index is 1.89. The van der Waals surface area contributed by atoms with Gasteiger partial charge in [-0.05, 0) is 25.8 Å². The fourth-order valence-corrected chi connectivity index (χ4v) is 3.06. The van der Waals surface area contributed by atoms with Crippen LogP contribution in [0.25, 0.3) is 0 Å². The van der Waals surface area contributed by atoms with Crippen LogP contribution < -0.4 is 5.32 Å². The zero-order chi connectivity index (χ0) is 12.3. The van der Waals surface area contributed by atoms with Crippen molar-refractivity contribution in [2.75, 3.05) is 19.6 Å². The number of hydrogen-bond donors (Lipinski definition) is 2. The predicted octanol–water partition coefficient (Wildman–Crippen LogP) is 0.892. The van der Waals surface area contributed by atoms with Crippen molar-refractivity contribution in [3.63, 3.8) is 0 Å². The second kappa shape index (κ2) is 5.36. The van der Waals surface area contributed by atoms with E-state index in [1.54, 1.807) is 0 Å². The predicted molar refractivity (Wildman–Crippen MR) is 66.7 cm³/mol. The van der Waals surface area contributed by atoms with E-state index in [2.05, 4.69) is 5.32 Å². The Bertz CT molecular complexity index is 275. The van der Waals surface area contributed by atoms with Gasteiger partial charge in [-0.25, -0.2) is 0 Å². The minimum atomic E-state index is -0.616. The summed E-state index contributed by atoms with van der Waals surface area (Å²) in [7, 11) is 0. The molecule has 1 atom stereocenters. The normalized spacial score (nSPS) is 28.7. The molecule has 2 N–H and O–H groups in total. The summed E-state index contributed by atoms with van der Waals surface area (Å²) in [5.41, 5.74) is -0.616. The summed E-state index contributed by atoms with van der Waals surface area (Å²) >= 11 is 0. The molecule has 2 fully saturated rings. The first-order valence-corrected chi connectivity index (χ1v) is 6.89. The number of likely N-dealkylation sites (tertiary alicyclic amines) is 1. The number of carbonyl (C=O) groups excluding carboxylic acids is 1. The highest BCUT2D eigenvalue weighted by Crippen LogP contribution is 2.30. The van der Waals surface area contributed by atoms with Gasteiger partial charge in [0, 0.05) is 13.1 Å². The fourth-order valence-electron chi connectivity index (χ4n) is 3.06. The summed E-state index contributed by atoms with van der Waals surface area (Å²) in [5.74, 6) is 0.172. The quantitative estimate of drug-likeness (QED) is 0.767. The van der Waals surface area contributed by atoms with Crippen molar-refractivity contribution in [2.24, 2.45) is 0 Å². The van der Waals surface area contributed by atoms with Gasteiger partial charge in [0.2, 0.25) is 5.91 Å². The number of nitrogens with zero attached hydrogens (tertiary/aromatic N) is 1. The van der Waals surface area contributed by atoms with Crippen molar-refractivity contribution in [1.82, 2.24) is 10.2 Å². The zero-order valence-electron chi connectivity index (χ0n) is 10.7. The first-order chi connectivity index (χ1) is 8.14. The minimum Gasteiger partial charge on any atom is -0.388 e. The first kappa shape index (κ1) is 12.8. The minimum absolute atomic E-state index is 0.0211. The second-order valence-corrected chi connectivity index (χ2v) is 5.44. The van der Waals surface area contributed by atoms with Crippen LogP contribution in [0, 0.1) is 0 Å². The smallest absolute Gasteiger partial charge is 0.239 e. The van der Waals surface area contributed by atoms with Gasteiger partial charge in [0.05, 0.1) is 11.6 Å². The summed E-state index contributed by atoms with van der Waals surface area (Å²) in [4.78, 5) is 13.9. The van der Waals surface area contributed by atoms with E-state index in [4.69, 9.17) is 0 Å². The van der Waals surface area contributed by atoms with E-state index in [0.29, 0.717) is 6.54 Å². The van der Waals surface area contributed by atoms with Crippen LogP contribution >= 0.6 is 0 Å². The molecule has 1 aliphatic carbocycles. The third-order valence-electron chi connectivity index (χ3n) is 4.02. The van der Waals surface area contributed by atoms with Crippen LogP contribution in [0.5, 0.6) is 0 Å². The van der Waals surface area contributed by atoms with E-state index in [9.17, 15) is 9.90 Å². The van der Waals surface area contributed by atoms with Gasteiger partial charge in [-0.1, -0.05) is 26.2 Å². The van der Waals surface area contributed by atoms with E-state index >= 15 is 0 Å². The lowest BCUT2D eigenvalue weighted by Gasteiger charge is -2.35. The maximum Gasteiger partial charge on any atom is 0.239 e. The number of β-amino-alcohol motifs (C(OH)–C–C–N with tert-alkyl or cyclic N) is 1. The topological polar surface area (TPSA) is 52.6 Å². The maximum absolute atomic E-state index is 12.1. The Hall–Kier alpha value is -0.610. The van der Waals surface area contributed by atoms with Crippen LogP contribution in [0.1, 0.15) is 45.4 Å². The van der Waals surface area contributed by atoms with Gasteiger partial charge in [0.1, 0.15) is 0 Å². The average molecular weight is 240 g/mol. The number of amides is 1. The molecule has 1 saturated heterocycles. The highest BCUT2D eigenvalue weighted by molar-refractivity contribution is 5.84. The number of hydrogen-bond acceptors (Lipinski definition) is 3. The molecule has 17 heavy (non-hydrogen) atoms. The van der Waals surface area contributed by atoms with Gasteiger partial charge in [-0.15, -0.1) is 0 Å². The Morgan fingerprint density at radius 2 is 2.12 bits per heavy atom. The van der Waals surface area contributed by atoms with Crippen molar-refractivity contribution < 1.29 is 9.90 Å². The summed E-state index contributed by atoms with van der Waals surface area (Å²) in [5, 5.41) is 13.7. The largest absolute Gasteiger partial charge is 0.388 e. The SMILES string of the molecule is CCNC1CCN(CC2(O)CCCCC2)C1=O. The van der Waals surface area contributed by atoms with Crippen LogP contribution in [-0.4, -0.2) is 47.2 Å².